The Balaban J connectivity index is 4.47. The van der Waals surface area contributed by atoms with Gasteiger partial charge in [-0.05, 0) is 70.6 Å². The SMILES string of the molecule is CC/C=C\C/C=C\C/C=C\C/C=C\C/C=C\CCCCCC(=O)OC(CCCCCCCCCCC)CC(=O)NC(CO)C(O)CCCCCCCCCCCCCCCCCC. The van der Waals surface area contributed by atoms with E-state index in [4.69, 9.17) is 4.74 Å². The highest BCUT2D eigenvalue weighted by Gasteiger charge is 2.24. The molecule has 0 aliphatic rings. The van der Waals surface area contributed by atoms with E-state index in [1.807, 2.05) is 0 Å². The molecule has 1 amide bonds. The van der Waals surface area contributed by atoms with Crippen molar-refractivity contribution in [2.75, 3.05) is 6.61 Å². The molecule has 0 bridgehead atoms. The smallest absolute Gasteiger partial charge is 0.306 e. The highest BCUT2D eigenvalue weighted by molar-refractivity contribution is 5.77. The molecule has 0 aromatic rings. The summed E-state index contributed by atoms with van der Waals surface area (Å²) in [6.07, 6.45) is 62.9. The second-order valence-corrected chi connectivity index (χ2v) is 18.3. The Morgan fingerprint density at radius 2 is 0.857 bits per heavy atom. The van der Waals surface area contributed by atoms with Crippen LogP contribution >= 0.6 is 0 Å². The summed E-state index contributed by atoms with van der Waals surface area (Å²) in [5.74, 6) is -0.508. The number of ether oxygens (including phenoxy) is 1. The zero-order chi connectivity index (χ0) is 45.9. The number of rotatable bonds is 48. The molecule has 3 N–H and O–H groups in total. The van der Waals surface area contributed by atoms with Crippen LogP contribution in [0.3, 0.4) is 0 Å². The van der Waals surface area contributed by atoms with Gasteiger partial charge in [-0.15, -0.1) is 0 Å². The van der Waals surface area contributed by atoms with Gasteiger partial charge in [0.05, 0.1) is 25.2 Å². The maximum Gasteiger partial charge on any atom is 0.306 e. The van der Waals surface area contributed by atoms with Crippen molar-refractivity contribution in [1.29, 1.82) is 0 Å². The lowest BCUT2D eigenvalue weighted by Crippen LogP contribution is -2.46. The predicted octanol–water partition coefficient (Wildman–Crippen LogP) is 16.4. The Bertz CT molecular complexity index is 1130. The predicted molar refractivity (Wildman–Crippen MR) is 273 cm³/mol. The number of nitrogens with one attached hydrogen (secondary N) is 1. The monoisotopic (exact) mass is 882 g/mol. The summed E-state index contributed by atoms with van der Waals surface area (Å²) in [7, 11) is 0. The summed E-state index contributed by atoms with van der Waals surface area (Å²) in [5.41, 5.74) is 0. The molecular weight excluding hydrogens is 779 g/mol. The number of unbranched alkanes of at least 4 members (excludes halogenated alkanes) is 26. The topological polar surface area (TPSA) is 95.9 Å². The third-order valence-corrected chi connectivity index (χ3v) is 12.1. The summed E-state index contributed by atoms with van der Waals surface area (Å²) in [4.78, 5) is 26.1. The van der Waals surface area contributed by atoms with Crippen molar-refractivity contribution in [3.05, 3.63) is 60.8 Å². The van der Waals surface area contributed by atoms with Crippen LogP contribution in [0.2, 0.25) is 0 Å². The van der Waals surface area contributed by atoms with E-state index >= 15 is 0 Å². The summed E-state index contributed by atoms with van der Waals surface area (Å²) in [5, 5.41) is 23.8. The summed E-state index contributed by atoms with van der Waals surface area (Å²) >= 11 is 0. The molecule has 0 heterocycles. The molecule has 0 spiro atoms. The molecule has 0 fully saturated rings. The number of carbonyl (C=O) groups is 2. The number of amides is 1. The quantitative estimate of drug-likeness (QED) is 0.0321. The Morgan fingerprint density at radius 3 is 1.29 bits per heavy atom. The van der Waals surface area contributed by atoms with Crippen molar-refractivity contribution in [1.82, 2.24) is 5.32 Å². The van der Waals surface area contributed by atoms with E-state index in [2.05, 4.69) is 86.8 Å². The molecule has 0 aromatic heterocycles. The third-order valence-electron chi connectivity index (χ3n) is 12.1. The zero-order valence-corrected chi connectivity index (χ0v) is 41.7. The van der Waals surface area contributed by atoms with Gasteiger partial charge < -0.3 is 20.3 Å². The number of aliphatic hydroxyl groups is 2. The largest absolute Gasteiger partial charge is 0.462 e. The molecule has 0 saturated carbocycles. The molecule has 3 unspecified atom stereocenters. The van der Waals surface area contributed by atoms with Gasteiger partial charge in [0.1, 0.15) is 6.10 Å². The Labute approximate surface area is 390 Å². The van der Waals surface area contributed by atoms with Crippen LogP contribution in [0, 0.1) is 0 Å². The first-order valence-corrected chi connectivity index (χ1v) is 27.0. The van der Waals surface area contributed by atoms with Gasteiger partial charge in [0, 0.05) is 6.42 Å². The number of hydrogen-bond acceptors (Lipinski definition) is 5. The zero-order valence-electron chi connectivity index (χ0n) is 41.7. The van der Waals surface area contributed by atoms with Gasteiger partial charge in [-0.2, -0.15) is 0 Å². The average Bonchev–Trinajstić information content (AvgIpc) is 3.28. The van der Waals surface area contributed by atoms with Crippen LogP contribution in [-0.4, -0.2) is 46.9 Å². The van der Waals surface area contributed by atoms with E-state index in [0.717, 1.165) is 96.3 Å². The normalized spacial score (nSPS) is 13.7. The minimum Gasteiger partial charge on any atom is -0.462 e. The van der Waals surface area contributed by atoms with Crippen LogP contribution in [0.25, 0.3) is 0 Å². The number of hydrogen-bond donors (Lipinski definition) is 3. The van der Waals surface area contributed by atoms with E-state index in [1.165, 1.54) is 122 Å². The first kappa shape index (κ1) is 60.6. The van der Waals surface area contributed by atoms with E-state index < -0.39 is 18.2 Å². The van der Waals surface area contributed by atoms with Crippen molar-refractivity contribution in [2.45, 2.75) is 283 Å². The lowest BCUT2D eigenvalue weighted by Gasteiger charge is -2.24. The van der Waals surface area contributed by atoms with Crippen LogP contribution in [0.1, 0.15) is 265 Å². The lowest BCUT2D eigenvalue weighted by atomic mass is 10.0. The molecule has 6 nitrogen and oxygen atoms in total. The highest BCUT2D eigenvalue weighted by Crippen LogP contribution is 2.18. The minimum absolute atomic E-state index is 0.0646. The highest BCUT2D eigenvalue weighted by atomic mass is 16.5. The molecule has 0 aromatic carbocycles. The first-order valence-electron chi connectivity index (χ1n) is 27.0. The average molecular weight is 882 g/mol. The molecular formula is C57H103NO5. The fraction of sp³-hybridized carbons (Fsp3) is 0.789. The fourth-order valence-corrected chi connectivity index (χ4v) is 8.05. The van der Waals surface area contributed by atoms with Gasteiger partial charge in [0.25, 0.3) is 0 Å². The van der Waals surface area contributed by atoms with Gasteiger partial charge in [0.2, 0.25) is 5.91 Å². The lowest BCUT2D eigenvalue weighted by molar-refractivity contribution is -0.151. The molecule has 6 heteroatoms. The number of esters is 1. The molecule has 0 rings (SSSR count). The van der Waals surface area contributed by atoms with Crippen LogP contribution in [0.15, 0.2) is 60.8 Å². The first-order chi connectivity index (χ1) is 31.0. The third kappa shape index (κ3) is 45.9. The minimum atomic E-state index is -0.793. The number of allylic oxidation sites excluding steroid dienone is 10. The van der Waals surface area contributed by atoms with Gasteiger partial charge in [-0.3, -0.25) is 9.59 Å². The Kier molecular flexibility index (Phi) is 48.6. The van der Waals surface area contributed by atoms with Gasteiger partial charge >= 0.3 is 5.97 Å². The second kappa shape index (κ2) is 50.6. The van der Waals surface area contributed by atoms with E-state index in [1.54, 1.807) is 0 Å². The molecule has 0 saturated heterocycles. The standard InChI is InChI=1S/C57H103NO5/c1-4-7-10-13-16-19-21-23-25-27-28-29-31-33-35-38-41-44-47-50-57(62)63-53(48-45-42-39-36-18-15-12-9-6-3)51-56(61)58-54(52-59)55(60)49-46-43-40-37-34-32-30-26-24-22-20-17-14-11-8-5-2/h7,10,16,19,23,25,28-29,33,35,53-55,59-60H,4-6,8-9,11-15,17-18,20-22,24,26-27,30-32,34,36-52H2,1-3H3,(H,58,61)/b10-7-,19-16-,25-23-,29-28-,35-33-. The van der Waals surface area contributed by atoms with Crippen LogP contribution in [0.4, 0.5) is 0 Å². The molecule has 63 heavy (non-hydrogen) atoms. The van der Waals surface area contributed by atoms with Crippen molar-refractivity contribution < 1.29 is 24.5 Å². The maximum absolute atomic E-state index is 13.2. The van der Waals surface area contributed by atoms with Crippen LogP contribution in [0.5, 0.6) is 0 Å². The molecule has 366 valence electrons. The number of aliphatic hydroxyl groups excluding tert-OH is 2. The van der Waals surface area contributed by atoms with Crippen molar-refractivity contribution in [3.63, 3.8) is 0 Å². The van der Waals surface area contributed by atoms with Crippen molar-refractivity contribution >= 4 is 11.9 Å². The Morgan fingerprint density at radius 1 is 0.476 bits per heavy atom. The summed E-state index contributed by atoms with van der Waals surface area (Å²) < 4.78 is 5.91. The van der Waals surface area contributed by atoms with E-state index in [-0.39, 0.29) is 24.9 Å². The van der Waals surface area contributed by atoms with Crippen molar-refractivity contribution in [3.8, 4) is 0 Å². The summed E-state index contributed by atoms with van der Waals surface area (Å²) in [6, 6.07) is -0.708. The molecule has 0 aliphatic heterocycles. The summed E-state index contributed by atoms with van der Waals surface area (Å²) in [6.45, 7) is 6.36. The van der Waals surface area contributed by atoms with Crippen LogP contribution < -0.4 is 5.32 Å². The van der Waals surface area contributed by atoms with Gasteiger partial charge in [-0.1, -0.05) is 242 Å². The van der Waals surface area contributed by atoms with E-state index in [9.17, 15) is 19.8 Å². The second-order valence-electron chi connectivity index (χ2n) is 18.3. The van der Waals surface area contributed by atoms with Gasteiger partial charge in [0.15, 0.2) is 0 Å². The maximum atomic E-state index is 13.2. The van der Waals surface area contributed by atoms with Crippen molar-refractivity contribution in [2.24, 2.45) is 0 Å². The number of carbonyl (C=O) groups excluding carboxylic acids is 2. The van der Waals surface area contributed by atoms with Crippen LogP contribution in [-0.2, 0) is 14.3 Å². The fourth-order valence-electron chi connectivity index (χ4n) is 8.05. The molecule has 0 aliphatic carbocycles. The Hall–Kier alpha value is -2.44. The van der Waals surface area contributed by atoms with E-state index in [0.29, 0.717) is 19.3 Å². The molecule has 3 atom stereocenters. The van der Waals surface area contributed by atoms with Gasteiger partial charge in [-0.25, -0.2) is 0 Å². The molecule has 0 radical (unpaired) electrons.